The fourth-order valence-electron chi connectivity index (χ4n) is 3.63. The van der Waals surface area contributed by atoms with Gasteiger partial charge in [0.05, 0.1) is 5.56 Å². The molecule has 0 bridgehead atoms. The van der Waals surface area contributed by atoms with Gasteiger partial charge in [0, 0.05) is 44.3 Å². The van der Waals surface area contributed by atoms with Crippen LogP contribution in [0, 0.1) is 24.1 Å². The van der Waals surface area contributed by atoms with E-state index in [-0.39, 0.29) is 11.5 Å². The number of hydrogen-bond acceptors (Lipinski definition) is 5. The Hall–Kier alpha value is -3.99. The second-order valence-electron chi connectivity index (χ2n) is 7.32. The molecule has 3 aromatic rings. The molecule has 0 spiro atoms. The first-order valence-electron chi connectivity index (χ1n) is 9.86. The SMILES string of the molecule is Cc1ccn(-c2ccc(F)cc2)c(=O)c1C(=O)N1CCN(c2ccc(C#N)cn2)CC1. The van der Waals surface area contributed by atoms with Crippen LogP contribution in [0.2, 0.25) is 0 Å². The number of pyridine rings is 2. The van der Waals surface area contributed by atoms with Crippen LogP contribution in [0.3, 0.4) is 0 Å². The molecule has 1 fully saturated rings. The van der Waals surface area contributed by atoms with Gasteiger partial charge in [0.1, 0.15) is 23.3 Å². The number of carbonyl (C=O) groups excluding carboxylic acids is 1. The molecule has 1 aromatic carbocycles. The second kappa shape index (κ2) is 8.40. The van der Waals surface area contributed by atoms with Crippen molar-refractivity contribution in [1.29, 1.82) is 5.26 Å². The zero-order valence-electron chi connectivity index (χ0n) is 17.0. The van der Waals surface area contributed by atoms with Crippen LogP contribution in [0.5, 0.6) is 0 Å². The highest BCUT2D eigenvalue weighted by Gasteiger charge is 2.26. The van der Waals surface area contributed by atoms with Crippen molar-refractivity contribution in [1.82, 2.24) is 14.5 Å². The van der Waals surface area contributed by atoms with E-state index in [0.29, 0.717) is 43.0 Å². The summed E-state index contributed by atoms with van der Waals surface area (Å²) >= 11 is 0. The summed E-state index contributed by atoms with van der Waals surface area (Å²) in [5, 5.41) is 8.90. The van der Waals surface area contributed by atoms with Crippen molar-refractivity contribution < 1.29 is 9.18 Å². The number of aromatic nitrogens is 2. The summed E-state index contributed by atoms with van der Waals surface area (Å²) in [7, 11) is 0. The third-order valence-electron chi connectivity index (χ3n) is 5.39. The Kier molecular flexibility index (Phi) is 5.50. The van der Waals surface area contributed by atoms with Gasteiger partial charge in [-0.25, -0.2) is 9.37 Å². The molecule has 4 rings (SSSR count). The van der Waals surface area contributed by atoms with Crippen LogP contribution in [0.1, 0.15) is 21.5 Å². The van der Waals surface area contributed by atoms with Gasteiger partial charge in [0.2, 0.25) is 0 Å². The molecule has 7 nitrogen and oxygen atoms in total. The van der Waals surface area contributed by atoms with Crippen LogP contribution < -0.4 is 10.5 Å². The molecule has 1 saturated heterocycles. The Labute approximate surface area is 178 Å². The molecule has 1 amide bonds. The van der Waals surface area contributed by atoms with Crippen LogP contribution in [0.15, 0.2) is 59.7 Å². The zero-order chi connectivity index (χ0) is 22.0. The topological polar surface area (TPSA) is 82.2 Å². The maximum atomic E-state index is 13.2. The Morgan fingerprint density at radius 2 is 1.77 bits per heavy atom. The number of anilines is 1. The summed E-state index contributed by atoms with van der Waals surface area (Å²) in [4.78, 5) is 34.3. The van der Waals surface area contributed by atoms with Gasteiger partial charge in [-0.1, -0.05) is 0 Å². The van der Waals surface area contributed by atoms with E-state index in [9.17, 15) is 14.0 Å². The Bertz CT molecular complexity index is 1200. The predicted octanol–water partition coefficient (Wildman–Crippen LogP) is 2.51. The number of hydrogen-bond donors (Lipinski definition) is 0. The van der Waals surface area contributed by atoms with Crippen LogP contribution in [-0.4, -0.2) is 46.5 Å². The normalized spacial score (nSPS) is 13.7. The van der Waals surface area contributed by atoms with Gasteiger partial charge >= 0.3 is 0 Å². The van der Waals surface area contributed by atoms with Crippen LogP contribution in [0.4, 0.5) is 10.2 Å². The van der Waals surface area contributed by atoms with Gasteiger partial charge < -0.3 is 9.80 Å². The minimum absolute atomic E-state index is 0.122. The molecule has 0 aliphatic carbocycles. The van der Waals surface area contributed by atoms with Crippen LogP contribution in [0.25, 0.3) is 5.69 Å². The molecule has 31 heavy (non-hydrogen) atoms. The lowest BCUT2D eigenvalue weighted by atomic mass is 10.1. The van der Waals surface area contributed by atoms with E-state index in [0.717, 1.165) is 5.82 Å². The fourth-order valence-corrected chi connectivity index (χ4v) is 3.63. The Balaban J connectivity index is 1.53. The standard InChI is InChI=1S/C23H20FN5O2/c1-16-8-9-29(19-5-3-18(24)4-6-19)23(31)21(16)22(30)28-12-10-27(11-13-28)20-7-2-17(14-25)15-26-20/h2-9,15H,10-13H2,1H3. The quantitative estimate of drug-likeness (QED) is 0.654. The Morgan fingerprint density at radius 1 is 1.06 bits per heavy atom. The number of aryl methyl sites for hydroxylation is 1. The summed E-state index contributed by atoms with van der Waals surface area (Å²) in [6.45, 7) is 3.78. The average Bonchev–Trinajstić information content (AvgIpc) is 2.80. The lowest BCUT2D eigenvalue weighted by molar-refractivity contribution is 0.0743. The number of piperazine rings is 1. The minimum atomic E-state index is -0.423. The lowest BCUT2D eigenvalue weighted by Crippen LogP contribution is -2.50. The predicted molar refractivity (Wildman–Crippen MR) is 114 cm³/mol. The first-order chi connectivity index (χ1) is 15.0. The number of rotatable bonds is 3. The monoisotopic (exact) mass is 417 g/mol. The van der Waals surface area contributed by atoms with Gasteiger partial charge in [0.25, 0.3) is 11.5 Å². The molecule has 0 atom stereocenters. The van der Waals surface area contributed by atoms with E-state index in [1.54, 1.807) is 36.2 Å². The molecular weight excluding hydrogens is 397 g/mol. The van der Waals surface area contributed by atoms with Crippen molar-refractivity contribution in [2.45, 2.75) is 6.92 Å². The molecule has 8 heteroatoms. The molecule has 3 heterocycles. The molecule has 2 aromatic heterocycles. The van der Waals surface area contributed by atoms with E-state index < -0.39 is 11.4 Å². The lowest BCUT2D eigenvalue weighted by Gasteiger charge is -2.35. The van der Waals surface area contributed by atoms with Crippen molar-refractivity contribution >= 4 is 11.7 Å². The molecule has 0 saturated carbocycles. The largest absolute Gasteiger partial charge is 0.353 e. The summed E-state index contributed by atoms with van der Waals surface area (Å²) in [6.07, 6.45) is 3.12. The van der Waals surface area contributed by atoms with E-state index in [2.05, 4.69) is 4.98 Å². The number of benzene rings is 1. The van der Waals surface area contributed by atoms with E-state index in [1.807, 2.05) is 11.0 Å². The summed E-state index contributed by atoms with van der Waals surface area (Å²) in [6, 6.07) is 12.8. The first-order valence-corrected chi connectivity index (χ1v) is 9.86. The van der Waals surface area contributed by atoms with Crippen molar-refractivity contribution in [3.63, 3.8) is 0 Å². The van der Waals surface area contributed by atoms with Gasteiger partial charge in [-0.15, -0.1) is 0 Å². The third-order valence-corrected chi connectivity index (χ3v) is 5.39. The van der Waals surface area contributed by atoms with Crippen molar-refractivity contribution in [3.05, 3.63) is 87.7 Å². The summed E-state index contributed by atoms with van der Waals surface area (Å²) < 4.78 is 14.6. The zero-order valence-corrected chi connectivity index (χ0v) is 17.0. The van der Waals surface area contributed by atoms with Gasteiger partial charge in [-0.3, -0.25) is 14.2 Å². The highest BCUT2D eigenvalue weighted by Crippen LogP contribution is 2.16. The van der Waals surface area contributed by atoms with Crippen molar-refractivity contribution in [2.24, 2.45) is 0 Å². The number of halogens is 1. The van der Waals surface area contributed by atoms with Crippen LogP contribution >= 0.6 is 0 Å². The van der Waals surface area contributed by atoms with Crippen molar-refractivity contribution in [3.8, 4) is 11.8 Å². The minimum Gasteiger partial charge on any atom is -0.353 e. The fraction of sp³-hybridized carbons (Fsp3) is 0.217. The van der Waals surface area contributed by atoms with Gasteiger partial charge in [-0.2, -0.15) is 5.26 Å². The van der Waals surface area contributed by atoms with Gasteiger partial charge in [-0.05, 0) is 55.0 Å². The van der Waals surface area contributed by atoms with Crippen LogP contribution in [-0.2, 0) is 0 Å². The highest BCUT2D eigenvalue weighted by atomic mass is 19.1. The average molecular weight is 417 g/mol. The van der Waals surface area contributed by atoms with E-state index in [4.69, 9.17) is 5.26 Å². The number of nitrogens with zero attached hydrogens (tertiary/aromatic N) is 5. The maximum absolute atomic E-state index is 13.2. The van der Waals surface area contributed by atoms with E-state index >= 15 is 0 Å². The number of amides is 1. The molecule has 0 unspecified atom stereocenters. The molecule has 0 radical (unpaired) electrons. The molecular formula is C23H20FN5O2. The molecule has 1 aliphatic heterocycles. The second-order valence-corrected chi connectivity index (χ2v) is 7.32. The summed E-state index contributed by atoms with van der Waals surface area (Å²) in [5.74, 6) is 0.0434. The van der Waals surface area contributed by atoms with Crippen molar-refractivity contribution in [2.75, 3.05) is 31.1 Å². The Morgan fingerprint density at radius 3 is 2.39 bits per heavy atom. The smallest absolute Gasteiger partial charge is 0.268 e. The number of nitriles is 1. The molecule has 1 aliphatic rings. The van der Waals surface area contributed by atoms with E-state index in [1.165, 1.54) is 35.0 Å². The van der Waals surface area contributed by atoms with Gasteiger partial charge in [0.15, 0.2) is 0 Å². The summed E-state index contributed by atoms with van der Waals surface area (Å²) in [5.41, 5.74) is 1.29. The highest BCUT2D eigenvalue weighted by molar-refractivity contribution is 5.95. The molecule has 156 valence electrons. The molecule has 0 N–H and O–H groups in total. The first kappa shape index (κ1) is 20.3. The number of carbonyl (C=O) groups is 1. The third kappa shape index (κ3) is 4.03. The maximum Gasteiger partial charge on any atom is 0.268 e.